The second-order valence-electron chi connectivity index (χ2n) is 3.23. The fraction of sp³-hybridized carbons (Fsp3) is 0.364. The fourth-order valence-corrected chi connectivity index (χ4v) is 1.26. The third-order valence-corrected chi connectivity index (χ3v) is 2.15. The maximum atomic E-state index is 9.49. The first-order chi connectivity index (χ1) is 7.19. The van der Waals surface area contributed by atoms with Gasteiger partial charge in [-0.3, -0.25) is 0 Å². The quantitative estimate of drug-likeness (QED) is 0.613. The highest BCUT2D eigenvalue weighted by Crippen LogP contribution is 2.17. The smallest absolute Gasteiger partial charge is 0.170 e. The van der Waals surface area contributed by atoms with Crippen LogP contribution in [0.2, 0.25) is 0 Å². The maximum Gasteiger partial charge on any atom is 0.170 e. The molecule has 2 unspecified atom stereocenters. The molecule has 0 bridgehead atoms. The van der Waals surface area contributed by atoms with Crippen LogP contribution >= 0.6 is 0 Å². The molecule has 80 valence electrons. The molecule has 1 aromatic rings. The molecule has 15 heavy (non-hydrogen) atoms. The van der Waals surface area contributed by atoms with Crippen LogP contribution in [-0.4, -0.2) is 28.0 Å². The van der Waals surface area contributed by atoms with Crippen molar-refractivity contribution < 1.29 is 15.3 Å². The third-order valence-electron chi connectivity index (χ3n) is 2.15. The van der Waals surface area contributed by atoms with Gasteiger partial charge >= 0.3 is 0 Å². The van der Waals surface area contributed by atoms with Gasteiger partial charge < -0.3 is 15.3 Å². The van der Waals surface area contributed by atoms with Crippen molar-refractivity contribution in [3.05, 3.63) is 35.4 Å². The van der Waals surface area contributed by atoms with Crippen molar-refractivity contribution >= 4 is 0 Å². The van der Waals surface area contributed by atoms with E-state index in [0.717, 1.165) is 5.56 Å². The number of nitrogens with zero attached hydrogens (tertiary/aromatic N) is 1. The number of hydrogen-bond donors (Lipinski definition) is 3. The summed E-state index contributed by atoms with van der Waals surface area (Å²) < 4.78 is 0. The molecule has 4 nitrogen and oxygen atoms in total. The Balaban J connectivity index is 2.76. The van der Waals surface area contributed by atoms with E-state index in [1.807, 2.05) is 0 Å². The molecule has 4 heteroatoms. The molecule has 0 aliphatic carbocycles. The number of nitriles is 1. The van der Waals surface area contributed by atoms with Crippen molar-refractivity contribution in [2.24, 2.45) is 0 Å². The van der Waals surface area contributed by atoms with E-state index in [0.29, 0.717) is 12.0 Å². The van der Waals surface area contributed by atoms with Crippen LogP contribution < -0.4 is 0 Å². The van der Waals surface area contributed by atoms with Crippen LogP contribution in [0.4, 0.5) is 0 Å². The summed E-state index contributed by atoms with van der Waals surface area (Å²) in [7, 11) is 0. The van der Waals surface area contributed by atoms with Gasteiger partial charge in [0.1, 0.15) is 6.10 Å². The van der Waals surface area contributed by atoms with E-state index in [9.17, 15) is 5.11 Å². The van der Waals surface area contributed by atoms with Crippen LogP contribution in [0.15, 0.2) is 24.3 Å². The minimum atomic E-state index is -1.41. The maximum absolute atomic E-state index is 9.49. The zero-order valence-corrected chi connectivity index (χ0v) is 8.17. The zero-order valence-electron chi connectivity index (χ0n) is 8.17. The van der Waals surface area contributed by atoms with Gasteiger partial charge in [-0.15, -0.1) is 0 Å². The van der Waals surface area contributed by atoms with Crippen molar-refractivity contribution in [3.8, 4) is 6.07 Å². The summed E-state index contributed by atoms with van der Waals surface area (Å²) >= 11 is 0. The minimum absolute atomic E-state index is 0.0721. The van der Waals surface area contributed by atoms with Crippen molar-refractivity contribution in [2.45, 2.75) is 18.6 Å². The average Bonchev–Trinajstić information content (AvgIpc) is 2.28. The van der Waals surface area contributed by atoms with Gasteiger partial charge in [0.25, 0.3) is 0 Å². The molecule has 0 aliphatic rings. The Bertz CT molecular complexity index is 342. The van der Waals surface area contributed by atoms with E-state index >= 15 is 0 Å². The summed E-state index contributed by atoms with van der Waals surface area (Å²) in [6.07, 6.45) is -2.04. The van der Waals surface area contributed by atoms with Crippen molar-refractivity contribution in [1.29, 1.82) is 5.26 Å². The second kappa shape index (κ2) is 5.47. The van der Waals surface area contributed by atoms with Gasteiger partial charge in [0.2, 0.25) is 0 Å². The second-order valence-corrected chi connectivity index (χ2v) is 3.23. The van der Waals surface area contributed by atoms with Gasteiger partial charge in [-0.1, -0.05) is 24.3 Å². The van der Waals surface area contributed by atoms with Crippen LogP contribution in [0.5, 0.6) is 0 Å². The first kappa shape index (κ1) is 11.7. The summed E-state index contributed by atoms with van der Waals surface area (Å²) in [5.74, 6) is 0. The molecule has 0 heterocycles. The van der Waals surface area contributed by atoms with Gasteiger partial charge in [-0.2, -0.15) is 5.26 Å². The van der Waals surface area contributed by atoms with Gasteiger partial charge in [0.05, 0.1) is 6.07 Å². The first-order valence-electron chi connectivity index (χ1n) is 4.64. The number of rotatable bonds is 4. The molecular weight excluding hydrogens is 194 g/mol. The van der Waals surface area contributed by atoms with Crippen molar-refractivity contribution in [1.82, 2.24) is 0 Å². The van der Waals surface area contributed by atoms with Crippen LogP contribution in [0.25, 0.3) is 0 Å². The summed E-state index contributed by atoms with van der Waals surface area (Å²) in [5.41, 5.74) is 1.44. The van der Waals surface area contributed by atoms with E-state index < -0.39 is 12.2 Å². The van der Waals surface area contributed by atoms with Crippen molar-refractivity contribution in [2.75, 3.05) is 6.61 Å². The minimum Gasteiger partial charge on any atom is -0.396 e. The Kier molecular flexibility index (Phi) is 4.25. The van der Waals surface area contributed by atoms with E-state index in [1.54, 1.807) is 30.3 Å². The van der Waals surface area contributed by atoms with Gasteiger partial charge in [-0.25, -0.2) is 0 Å². The number of hydrogen-bond acceptors (Lipinski definition) is 4. The summed E-state index contributed by atoms with van der Waals surface area (Å²) in [4.78, 5) is 0. The molecule has 0 amide bonds. The van der Waals surface area contributed by atoms with Crippen LogP contribution in [0.1, 0.15) is 17.2 Å². The predicted octanol–water partition coefficient (Wildman–Crippen LogP) is 0.139. The molecule has 0 saturated carbocycles. The number of aliphatic hydroxyl groups excluding tert-OH is 3. The van der Waals surface area contributed by atoms with E-state index in [1.165, 1.54) is 0 Å². The Labute approximate surface area is 88.0 Å². The molecule has 0 spiro atoms. The van der Waals surface area contributed by atoms with Gasteiger partial charge in [-0.05, 0) is 17.5 Å². The topological polar surface area (TPSA) is 84.5 Å². The molecule has 3 N–H and O–H groups in total. The molecule has 0 fully saturated rings. The Morgan fingerprint density at radius 1 is 1.20 bits per heavy atom. The lowest BCUT2D eigenvalue weighted by Crippen LogP contribution is -2.15. The Morgan fingerprint density at radius 3 is 2.27 bits per heavy atom. The SMILES string of the molecule is N#CC(O)C(O)c1ccc(CCO)cc1. The monoisotopic (exact) mass is 207 g/mol. The third kappa shape index (κ3) is 3.03. The standard InChI is InChI=1S/C11H13NO3/c12-7-10(14)11(15)9-3-1-8(2-4-9)5-6-13/h1-4,10-11,13-15H,5-6H2. The lowest BCUT2D eigenvalue weighted by molar-refractivity contribution is 0.0528. The lowest BCUT2D eigenvalue weighted by Gasteiger charge is -2.12. The van der Waals surface area contributed by atoms with Gasteiger partial charge in [0.15, 0.2) is 6.10 Å². The molecule has 2 atom stereocenters. The largest absolute Gasteiger partial charge is 0.396 e. The van der Waals surface area contributed by atoms with Crippen LogP contribution in [-0.2, 0) is 6.42 Å². The highest BCUT2D eigenvalue weighted by atomic mass is 16.3. The zero-order chi connectivity index (χ0) is 11.3. The molecule has 0 radical (unpaired) electrons. The van der Waals surface area contributed by atoms with Crippen LogP contribution in [0.3, 0.4) is 0 Å². The highest BCUT2D eigenvalue weighted by Gasteiger charge is 2.16. The average molecular weight is 207 g/mol. The lowest BCUT2D eigenvalue weighted by atomic mass is 10.0. The normalized spacial score (nSPS) is 14.3. The Hall–Kier alpha value is -1.41. The predicted molar refractivity (Wildman–Crippen MR) is 53.8 cm³/mol. The molecular formula is C11H13NO3. The van der Waals surface area contributed by atoms with E-state index in [4.69, 9.17) is 15.5 Å². The molecule has 0 aromatic heterocycles. The van der Waals surface area contributed by atoms with Gasteiger partial charge in [0, 0.05) is 6.61 Å². The number of benzene rings is 1. The molecule has 1 rings (SSSR count). The number of aliphatic hydroxyl groups is 3. The first-order valence-corrected chi connectivity index (χ1v) is 4.64. The van der Waals surface area contributed by atoms with E-state index in [-0.39, 0.29) is 6.61 Å². The summed E-state index contributed by atoms with van der Waals surface area (Å²) in [6.45, 7) is 0.0721. The van der Waals surface area contributed by atoms with E-state index in [2.05, 4.69) is 0 Å². The summed E-state index contributed by atoms with van der Waals surface area (Å²) in [5, 5.41) is 35.7. The van der Waals surface area contributed by atoms with Crippen LogP contribution in [0, 0.1) is 11.3 Å². The Morgan fingerprint density at radius 2 is 1.80 bits per heavy atom. The van der Waals surface area contributed by atoms with Crippen molar-refractivity contribution in [3.63, 3.8) is 0 Å². The molecule has 0 aliphatic heterocycles. The fourth-order valence-electron chi connectivity index (χ4n) is 1.26. The summed E-state index contributed by atoms with van der Waals surface area (Å²) in [6, 6.07) is 8.34. The molecule has 0 saturated heterocycles. The highest BCUT2D eigenvalue weighted by molar-refractivity contribution is 5.25. The molecule has 1 aromatic carbocycles.